The molecule has 7 aliphatic rings. The number of aromatic nitrogens is 1. The third-order valence-electron chi connectivity index (χ3n) is 8.02. The highest BCUT2D eigenvalue weighted by Gasteiger charge is 2.92. The Morgan fingerprint density at radius 1 is 1.10 bits per heavy atom. The molecule has 10 atom stereocenters. The van der Waals surface area contributed by atoms with Gasteiger partial charge in [-0.05, 0) is 59.6 Å². The summed E-state index contributed by atoms with van der Waals surface area (Å²) in [6.45, 7) is 0.941. The molecule has 8 rings (SSSR count). The summed E-state index contributed by atoms with van der Waals surface area (Å²) in [5.41, 5.74) is 1.40. The van der Waals surface area contributed by atoms with Crippen molar-refractivity contribution < 1.29 is 4.74 Å². The molecule has 102 valence electrons. The van der Waals surface area contributed by atoms with Crippen molar-refractivity contribution in [3.8, 4) is 0 Å². The number of hydrogen-bond donors (Lipinski definition) is 1. The zero-order valence-electron chi connectivity index (χ0n) is 11.3. The van der Waals surface area contributed by atoms with Crippen molar-refractivity contribution in [2.24, 2.45) is 47.3 Å². The minimum Gasteiger partial charge on any atom is -0.356 e. The van der Waals surface area contributed by atoms with E-state index in [0.717, 1.165) is 53.9 Å². The van der Waals surface area contributed by atoms with E-state index in [1.807, 2.05) is 12.4 Å². The first-order chi connectivity index (χ1) is 9.90. The smallest absolute Gasteiger partial charge is 0.126 e. The molecule has 3 heteroatoms. The van der Waals surface area contributed by atoms with Crippen LogP contribution in [0.2, 0.25) is 0 Å². The Hall–Kier alpha value is -0.930. The molecule has 20 heavy (non-hydrogen) atoms. The van der Waals surface area contributed by atoms with E-state index in [4.69, 9.17) is 4.74 Å². The topological polar surface area (TPSA) is 34.1 Å². The van der Waals surface area contributed by atoms with Crippen LogP contribution in [0.5, 0.6) is 0 Å². The van der Waals surface area contributed by atoms with E-state index < -0.39 is 0 Å². The highest BCUT2D eigenvalue weighted by molar-refractivity contribution is 5.38. The van der Waals surface area contributed by atoms with Gasteiger partial charge in [-0.25, -0.2) is 0 Å². The monoisotopic (exact) mass is 266 g/mol. The molecule has 1 N–H and O–H groups in total. The Kier molecular flexibility index (Phi) is 1.34. The van der Waals surface area contributed by atoms with Crippen LogP contribution in [0.1, 0.15) is 12.0 Å². The quantitative estimate of drug-likeness (QED) is 0.903. The number of rotatable bonds is 3. The minimum atomic E-state index is 0.0698. The average Bonchev–Trinajstić information content (AvgIpc) is 3.10. The minimum absolute atomic E-state index is 0.0698. The summed E-state index contributed by atoms with van der Waals surface area (Å²) in [5, 5.41) is 3.89. The Morgan fingerprint density at radius 2 is 2.00 bits per heavy atom. The normalized spacial score (nSPS) is 64.7. The molecule has 0 unspecified atom stereocenters. The van der Waals surface area contributed by atoms with Gasteiger partial charge in [-0.15, -0.1) is 0 Å². The summed E-state index contributed by atoms with van der Waals surface area (Å²) < 4.78 is 6.65. The summed E-state index contributed by atoms with van der Waals surface area (Å²) in [6, 6.07) is 4.24. The van der Waals surface area contributed by atoms with Crippen LogP contribution < -0.4 is 5.32 Å². The van der Waals surface area contributed by atoms with Gasteiger partial charge in [0.1, 0.15) is 5.72 Å². The van der Waals surface area contributed by atoms with Crippen molar-refractivity contribution in [2.45, 2.75) is 24.8 Å². The van der Waals surface area contributed by atoms with Gasteiger partial charge in [-0.3, -0.25) is 10.3 Å². The van der Waals surface area contributed by atoms with E-state index in [1.54, 1.807) is 0 Å². The van der Waals surface area contributed by atoms with Gasteiger partial charge < -0.3 is 4.74 Å². The molecule has 2 aliphatic heterocycles. The Balaban J connectivity index is 1.29. The predicted molar refractivity (Wildman–Crippen MR) is 71.2 cm³/mol. The SMILES string of the molecule is c1cc(CN[C@]23O[C@@H]4[C@@H]5[C@H]6[C@@H]7C[C@H]([C@H]6[C@H]52)[C@H]3[C@@H]74)ccn1. The van der Waals surface area contributed by atoms with Crippen LogP contribution in [0.3, 0.4) is 0 Å². The molecule has 0 spiro atoms. The van der Waals surface area contributed by atoms with E-state index >= 15 is 0 Å². The Bertz CT molecular complexity index is 623. The third kappa shape index (κ3) is 0.723. The Labute approximate surface area is 118 Å². The zero-order valence-corrected chi connectivity index (χ0v) is 11.3. The van der Waals surface area contributed by atoms with Gasteiger partial charge in [0.25, 0.3) is 0 Å². The molecule has 5 aliphatic carbocycles. The van der Waals surface area contributed by atoms with Crippen molar-refractivity contribution >= 4 is 0 Å². The number of pyridine rings is 1. The van der Waals surface area contributed by atoms with Gasteiger partial charge >= 0.3 is 0 Å². The lowest BCUT2D eigenvalue weighted by Gasteiger charge is -2.46. The molecule has 1 aromatic heterocycles. The van der Waals surface area contributed by atoms with Gasteiger partial charge in [0.15, 0.2) is 0 Å². The van der Waals surface area contributed by atoms with Gasteiger partial charge in [0.2, 0.25) is 0 Å². The van der Waals surface area contributed by atoms with E-state index in [9.17, 15) is 0 Å². The van der Waals surface area contributed by atoms with E-state index in [0.29, 0.717) is 6.10 Å². The summed E-state index contributed by atoms with van der Waals surface area (Å²) >= 11 is 0. The molecule has 7 fully saturated rings. The molecule has 3 heterocycles. The first kappa shape index (κ1) is 9.91. The van der Waals surface area contributed by atoms with Crippen molar-refractivity contribution in [3.05, 3.63) is 30.1 Å². The molecule has 0 radical (unpaired) electrons. The largest absolute Gasteiger partial charge is 0.356 e. The van der Waals surface area contributed by atoms with Crippen LogP contribution in [0.15, 0.2) is 24.5 Å². The lowest BCUT2D eigenvalue weighted by atomic mass is 9.59. The van der Waals surface area contributed by atoms with E-state index in [1.165, 1.54) is 12.0 Å². The standard InChI is InChI=1S/C17H18N2O/c1-3-18-4-2-7(1)6-19-17-14-9-5-8-10-11(9)15(17)13(10)16(20-17)12(8)14/h1-4,8-16,19H,5-6H2/t8-,9+,10-,11+,12+,13+,14-,15+,16-,17+/m0/s1. The average molecular weight is 266 g/mol. The molecule has 0 aromatic carbocycles. The van der Waals surface area contributed by atoms with Crippen molar-refractivity contribution in [3.63, 3.8) is 0 Å². The first-order valence-electron chi connectivity index (χ1n) is 8.22. The first-order valence-corrected chi connectivity index (χ1v) is 8.22. The van der Waals surface area contributed by atoms with Crippen LogP contribution in [0, 0.1) is 47.3 Å². The summed E-state index contributed by atoms with van der Waals surface area (Å²) in [5.74, 6) is 7.73. The van der Waals surface area contributed by atoms with Crippen LogP contribution >= 0.6 is 0 Å². The fourth-order valence-corrected chi connectivity index (χ4v) is 8.03. The molecule has 4 bridgehead atoms. The van der Waals surface area contributed by atoms with Crippen LogP contribution in [0.25, 0.3) is 0 Å². The molecule has 1 aromatic rings. The number of nitrogens with zero attached hydrogens (tertiary/aromatic N) is 1. The van der Waals surface area contributed by atoms with Gasteiger partial charge in [-0.2, -0.15) is 0 Å². The van der Waals surface area contributed by atoms with Crippen molar-refractivity contribution in [1.82, 2.24) is 10.3 Å². The van der Waals surface area contributed by atoms with E-state index in [-0.39, 0.29) is 5.72 Å². The molecular weight excluding hydrogens is 248 g/mol. The van der Waals surface area contributed by atoms with Crippen LogP contribution in [0.4, 0.5) is 0 Å². The van der Waals surface area contributed by atoms with Crippen molar-refractivity contribution in [1.29, 1.82) is 0 Å². The van der Waals surface area contributed by atoms with Crippen molar-refractivity contribution in [2.75, 3.05) is 0 Å². The lowest BCUT2D eigenvalue weighted by molar-refractivity contribution is -0.0591. The predicted octanol–water partition coefficient (Wildman–Crippen LogP) is 1.65. The highest BCUT2D eigenvalue weighted by atomic mass is 16.5. The van der Waals surface area contributed by atoms with Crippen LogP contribution in [-0.4, -0.2) is 16.8 Å². The second-order valence-electron chi connectivity index (χ2n) is 8.01. The molecule has 2 saturated heterocycles. The maximum absolute atomic E-state index is 6.65. The fraction of sp³-hybridized carbons (Fsp3) is 0.706. The maximum atomic E-state index is 6.65. The molecular formula is C17H18N2O. The zero-order chi connectivity index (χ0) is 12.6. The van der Waals surface area contributed by atoms with Crippen LogP contribution in [-0.2, 0) is 11.3 Å². The summed E-state index contributed by atoms with van der Waals surface area (Å²) in [7, 11) is 0. The van der Waals surface area contributed by atoms with E-state index in [2.05, 4.69) is 22.4 Å². The fourth-order valence-electron chi connectivity index (χ4n) is 8.03. The highest BCUT2D eigenvalue weighted by Crippen LogP contribution is 2.89. The lowest BCUT2D eigenvalue weighted by Crippen LogP contribution is -2.56. The van der Waals surface area contributed by atoms with Gasteiger partial charge in [-0.1, -0.05) is 0 Å². The number of hydrogen-bond acceptors (Lipinski definition) is 3. The number of ether oxygens (including phenoxy) is 1. The molecule has 0 amide bonds. The molecule has 5 saturated carbocycles. The second kappa shape index (κ2) is 2.71. The third-order valence-corrected chi connectivity index (χ3v) is 8.02. The maximum Gasteiger partial charge on any atom is 0.126 e. The Morgan fingerprint density at radius 3 is 2.90 bits per heavy atom. The summed E-state index contributed by atoms with van der Waals surface area (Å²) in [4.78, 5) is 4.11. The van der Waals surface area contributed by atoms with Gasteiger partial charge in [0.05, 0.1) is 6.10 Å². The second-order valence-corrected chi connectivity index (χ2v) is 8.01. The summed E-state index contributed by atoms with van der Waals surface area (Å²) in [6.07, 6.45) is 5.95. The molecule has 3 nitrogen and oxygen atoms in total. The van der Waals surface area contributed by atoms with Gasteiger partial charge in [0, 0.05) is 30.8 Å². The number of nitrogens with one attached hydrogen (secondary N) is 1.